The number of nitrogens with zero attached hydrogens (tertiary/aromatic N) is 1. The number of amides is 1. The molecule has 2 aromatic rings. The van der Waals surface area contributed by atoms with E-state index >= 15 is 0 Å². The van der Waals surface area contributed by atoms with E-state index in [0.717, 1.165) is 30.7 Å². The van der Waals surface area contributed by atoms with E-state index in [9.17, 15) is 4.79 Å². The maximum Gasteiger partial charge on any atom is 0.247 e. The minimum atomic E-state index is -0.265. The average molecular weight is 369 g/mol. The summed E-state index contributed by atoms with van der Waals surface area (Å²) in [6.07, 6.45) is 6.45. The second-order valence-corrected chi connectivity index (χ2v) is 7.72. The molecular weight excluding hydrogens is 346 g/mol. The molecule has 4 nitrogen and oxygen atoms in total. The highest BCUT2D eigenvalue weighted by molar-refractivity contribution is 7.16. The summed E-state index contributed by atoms with van der Waals surface area (Å²) in [6, 6.07) is 14.5. The van der Waals surface area contributed by atoms with Crippen LogP contribution in [0.4, 0.5) is 0 Å². The fourth-order valence-corrected chi connectivity index (χ4v) is 4.48. The van der Waals surface area contributed by atoms with Gasteiger partial charge in [0.25, 0.3) is 0 Å². The van der Waals surface area contributed by atoms with Crippen molar-refractivity contribution in [2.75, 3.05) is 19.8 Å². The van der Waals surface area contributed by atoms with Crippen LogP contribution in [-0.4, -0.2) is 42.9 Å². The molecule has 2 aliphatic heterocycles. The molecule has 4 rings (SSSR count). The number of piperidine rings is 1. The summed E-state index contributed by atoms with van der Waals surface area (Å²) in [5.74, 6) is 0.0449. The summed E-state index contributed by atoms with van der Waals surface area (Å²) in [5, 5.41) is 0. The Morgan fingerprint density at radius 1 is 1.08 bits per heavy atom. The van der Waals surface area contributed by atoms with E-state index < -0.39 is 0 Å². The van der Waals surface area contributed by atoms with Gasteiger partial charge in [-0.2, -0.15) is 0 Å². The molecule has 26 heavy (non-hydrogen) atoms. The number of hydrogen-bond donors (Lipinski definition) is 0. The van der Waals surface area contributed by atoms with E-state index in [-0.39, 0.29) is 18.2 Å². The Labute approximate surface area is 158 Å². The second-order valence-electron chi connectivity index (χ2n) is 6.61. The van der Waals surface area contributed by atoms with Gasteiger partial charge in [-0.1, -0.05) is 30.3 Å². The van der Waals surface area contributed by atoms with E-state index in [2.05, 4.69) is 24.3 Å². The standard InChI is InChI=1S/C21H23NO3S/c23-20(22-13-5-4-8-18(22)21-24-14-15-25-21)12-10-17-9-11-19(26-17)16-6-2-1-3-7-16/h1-3,6-7,9-12,18,21H,4-5,8,13-15H2/b12-10+. The molecule has 0 radical (unpaired) electrons. The van der Waals surface area contributed by atoms with Crippen molar-refractivity contribution in [1.82, 2.24) is 4.90 Å². The van der Waals surface area contributed by atoms with Crippen LogP contribution in [0.1, 0.15) is 24.1 Å². The molecule has 1 amide bonds. The first kappa shape index (κ1) is 17.5. The van der Waals surface area contributed by atoms with Gasteiger partial charge in [0, 0.05) is 22.4 Å². The Bertz CT molecular complexity index is 765. The van der Waals surface area contributed by atoms with Crippen molar-refractivity contribution in [3.63, 3.8) is 0 Å². The van der Waals surface area contributed by atoms with Crippen LogP contribution < -0.4 is 0 Å². The fraction of sp³-hybridized carbons (Fsp3) is 0.381. The first-order chi connectivity index (χ1) is 12.8. The Balaban J connectivity index is 1.44. The molecule has 1 atom stereocenters. The first-order valence-electron chi connectivity index (χ1n) is 9.18. The third-order valence-corrected chi connectivity index (χ3v) is 5.97. The van der Waals surface area contributed by atoms with Gasteiger partial charge in [0.2, 0.25) is 5.91 Å². The van der Waals surface area contributed by atoms with Gasteiger partial charge in [0.15, 0.2) is 6.29 Å². The van der Waals surface area contributed by atoms with Gasteiger partial charge in [0.05, 0.1) is 19.3 Å². The van der Waals surface area contributed by atoms with Crippen molar-refractivity contribution in [2.24, 2.45) is 0 Å². The monoisotopic (exact) mass is 369 g/mol. The van der Waals surface area contributed by atoms with Crippen LogP contribution >= 0.6 is 11.3 Å². The molecule has 0 aliphatic carbocycles. The van der Waals surface area contributed by atoms with Gasteiger partial charge in [0.1, 0.15) is 0 Å². The highest BCUT2D eigenvalue weighted by Crippen LogP contribution is 2.29. The molecule has 2 aliphatic rings. The number of benzene rings is 1. The number of hydrogen-bond acceptors (Lipinski definition) is 4. The number of thiophene rings is 1. The van der Waals surface area contributed by atoms with Crippen LogP contribution in [0.2, 0.25) is 0 Å². The van der Waals surface area contributed by atoms with Crippen molar-refractivity contribution in [3.05, 3.63) is 53.4 Å². The highest BCUT2D eigenvalue weighted by atomic mass is 32.1. The van der Waals surface area contributed by atoms with Crippen LogP contribution in [0.3, 0.4) is 0 Å². The summed E-state index contributed by atoms with van der Waals surface area (Å²) in [7, 11) is 0. The summed E-state index contributed by atoms with van der Waals surface area (Å²) in [5.41, 5.74) is 1.20. The zero-order valence-electron chi connectivity index (χ0n) is 14.7. The Morgan fingerprint density at radius 2 is 1.88 bits per heavy atom. The number of ether oxygens (including phenoxy) is 2. The molecule has 0 bridgehead atoms. The lowest BCUT2D eigenvalue weighted by molar-refractivity contribution is -0.145. The fourth-order valence-electron chi connectivity index (χ4n) is 3.56. The van der Waals surface area contributed by atoms with Crippen molar-refractivity contribution >= 4 is 23.3 Å². The normalized spacial score (nSPS) is 21.5. The van der Waals surface area contributed by atoms with Gasteiger partial charge in [-0.05, 0) is 43.0 Å². The van der Waals surface area contributed by atoms with Crippen LogP contribution in [-0.2, 0) is 14.3 Å². The summed E-state index contributed by atoms with van der Waals surface area (Å²) >= 11 is 1.69. The maximum absolute atomic E-state index is 12.7. The molecule has 136 valence electrons. The minimum Gasteiger partial charge on any atom is -0.348 e. The van der Waals surface area contributed by atoms with Gasteiger partial charge in [-0.25, -0.2) is 0 Å². The first-order valence-corrected chi connectivity index (χ1v) is 10.00. The Hall–Kier alpha value is -1.95. The molecule has 2 fully saturated rings. The highest BCUT2D eigenvalue weighted by Gasteiger charge is 2.35. The quantitative estimate of drug-likeness (QED) is 0.759. The molecule has 5 heteroatoms. The van der Waals surface area contributed by atoms with E-state index in [1.807, 2.05) is 29.2 Å². The number of carbonyl (C=O) groups is 1. The zero-order valence-corrected chi connectivity index (χ0v) is 15.5. The maximum atomic E-state index is 12.7. The molecule has 1 aromatic carbocycles. The Morgan fingerprint density at radius 3 is 2.69 bits per heavy atom. The van der Waals surface area contributed by atoms with Gasteiger partial charge >= 0.3 is 0 Å². The predicted molar refractivity (Wildman–Crippen MR) is 104 cm³/mol. The Kier molecular flexibility index (Phi) is 5.48. The topological polar surface area (TPSA) is 38.8 Å². The smallest absolute Gasteiger partial charge is 0.247 e. The molecule has 0 N–H and O–H groups in total. The summed E-state index contributed by atoms with van der Waals surface area (Å²) in [6.45, 7) is 2.02. The van der Waals surface area contributed by atoms with Crippen molar-refractivity contribution in [2.45, 2.75) is 31.6 Å². The average Bonchev–Trinajstić information content (AvgIpc) is 3.39. The molecule has 0 spiro atoms. The third kappa shape index (κ3) is 3.90. The van der Waals surface area contributed by atoms with Crippen molar-refractivity contribution in [1.29, 1.82) is 0 Å². The van der Waals surface area contributed by atoms with E-state index in [1.54, 1.807) is 17.4 Å². The number of rotatable bonds is 4. The van der Waals surface area contributed by atoms with Crippen molar-refractivity contribution < 1.29 is 14.3 Å². The summed E-state index contributed by atoms with van der Waals surface area (Å²) < 4.78 is 11.3. The van der Waals surface area contributed by atoms with Crippen LogP contribution in [0.25, 0.3) is 16.5 Å². The zero-order chi connectivity index (χ0) is 17.8. The lowest BCUT2D eigenvalue weighted by Gasteiger charge is -2.37. The third-order valence-electron chi connectivity index (χ3n) is 4.87. The van der Waals surface area contributed by atoms with E-state index in [1.165, 1.54) is 10.4 Å². The van der Waals surface area contributed by atoms with Gasteiger partial charge in [-0.3, -0.25) is 4.79 Å². The van der Waals surface area contributed by atoms with E-state index in [4.69, 9.17) is 9.47 Å². The molecule has 0 saturated carbocycles. The molecule has 3 heterocycles. The number of carbonyl (C=O) groups excluding carboxylic acids is 1. The van der Waals surface area contributed by atoms with Crippen LogP contribution in [0, 0.1) is 0 Å². The lowest BCUT2D eigenvalue weighted by atomic mass is 10.0. The lowest BCUT2D eigenvalue weighted by Crippen LogP contribution is -2.49. The summed E-state index contributed by atoms with van der Waals surface area (Å²) in [4.78, 5) is 17.0. The SMILES string of the molecule is O=C(/C=C/c1ccc(-c2ccccc2)s1)N1CCCCC1C1OCCO1. The van der Waals surface area contributed by atoms with Crippen molar-refractivity contribution in [3.8, 4) is 10.4 Å². The number of likely N-dealkylation sites (tertiary alicyclic amines) is 1. The van der Waals surface area contributed by atoms with Crippen LogP contribution in [0.5, 0.6) is 0 Å². The largest absolute Gasteiger partial charge is 0.348 e. The molecule has 2 saturated heterocycles. The minimum absolute atomic E-state index is 0.0339. The second kappa shape index (κ2) is 8.16. The van der Waals surface area contributed by atoms with E-state index in [0.29, 0.717) is 13.2 Å². The van der Waals surface area contributed by atoms with Crippen LogP contribution in [0.15, 0.2) is 48.5 Å². The predicted octanol–water partition coefficient (Wildman–Crippen LogP) is 4.18. The molecular formula is C21H23NO3S. The van der Waals surface area contributed by atoms with Gasteiger partial charge in [-0.15, -0.1) is 11.3 Å². The molecule has 1 aromatic heterocycles. The molecule has 1 unspecified atom stereocenters. The van der Waals surface area contributed by atoms with Gasteiger partial charge < -0.3 is 14.4 Å².